The Bertz CT molecular complexity index is 8360. The highest BCUT2D eigenvalue weighted by Crippen LogP contribution is 2.52. The summed E-state index contributed by atoms with van der Waals surface area (Å²) < 4.78 is 42.8. The first-order valence-corrected chi connectivity index (χ1v) is 46.6. The van der Waals surface area contributed by atoms with Crippen LogP contribution in [0.15, 0.2) is 437 Å². The Hall–Kier alpha value is -16.9. The van der Waals surface area contributed by atoms with Crippen LogP contribution in [0, 0.1) is 0 Å². The van der Waals surface area contributed by atoms with E-state index >= 15 is 0 Å². The average Bonchev–Trinajstić information content (AvgIpc) is 0.749. The first-order valence-electron chi connectivity index (χ1n) is 46.6. The van der Waals surface area contributed by atoms with Crippen molar-refractivity contribution in [3.05, 3.63) is 437 Å². The van der Waals surface area contributed by atoms with Crippen LogP contribution in [-0.4, -0.2) is 63.1 Å². The molecule has 8 heteroatoms. The number of aliphatic hydroxyl groups is 2. The molecule has 0 aliphatic heterocycles. The minimum Gasteiger partial charge on any atom is -0.491 e. The maximum Gasteiger partial charge on any atom is 0.128 e. The van der Waals surface area contributed by atoms with Crippen LogP contribution in [0.5, 0.6) is 34.5 Å². The molecule has 0 spiro atoms. The van der Waals surface area contributed by atoms with Gasteiger partial charge in [0, 0.05) is 33.4 Å². The van der Waals surface area contributed by atoms with Crippen molar-refractivity contribution in [2.45, 2.75) is 0 Å². The van der Waals surface area contributed by atoms with Gasteiger partial charge in [0.15, 0.2) is 0 Å². The molecular weight excluding hydrogens is 1670 g/mol. The van der Waals surface area contributed by atoms with Gasteiger partial charge in [-0.15, -0.1) is 0 Å². The van der Waals surface area contributed by atoms with Gasteiger partial charge in [-0.25, -0.2) is 0 Å². The van der Waals surface area contributed by atoms with Gasteiger partial charge in [0.2, 0.25) is 0 Å². The molecule has 0 aliphatic carbocycles. The zero-order valence-electron chi connectivity index (χ0n) is 74.6. The van der Waals surface area contributed by atoms with Crippen LogP contribution in [0.25, 0.3) is 229 Å². The maximum absolute atomic E-state index is 10.5. The van der Waals surface area contributed by atoms with Crippen LogP contribution in [-0.2, 0) is 0 Å². The molecule has 650 valence electrons. The Balaban J connectivity index is 0.626. The second-order valence-electron chi connectivity index (χ2n) is 35.2. The van der Waals surface area contributed by atoms with E-state index in [4.69, 9.17) is 28.4 Å². The van der Waals surface area contributed by atoms with Gasteiger partial charge in [-0.05, 0) is 305 Å². The fourth-order valence-electron chi connectivity index (χ4n) is 20.3. The summed E-state index contributed by atoms with van der Waals surface area (Å²) in [6.07, 6.45) is 0. The molecule has 0 amide bonds. The van der Waals surface area contributed by atoms with Crippen LogP contribution in [0.1, 0.15) is 0 Å². The lowest BCUT2D eigenvalue weighted by Crippen LogP contribution is -2.12. The normalized spacial score (nSPS) is 11.7. The van der Waals surface area contributed by atoms with E-state index in [-0.39, 0.29) is 52.9 Å². The number of fused-ring (bicyclic) bond motifs is 12. The van der Waals surface area contributed by atoms with Crippen LogP contribution >= 0.6 is 0 Å². The van der Waals surface area contributed by atoms with Crippen LogP contribution in [0.2, 0.25) is 0 Å². The lowest BCUT2D eigenvalue weighted by atomic mass is 9.89. The van der Waals surface area contributed by atoms with Gasteiger partial charge in [-0.1, -0.05) is 328 Å². The largest absolute Gasteiger partial charge is 0.491 e. The van der Waals surface area contributed by atoms with E-state index < -0.39 is 0 Å². The van der Waals surface area contributed by atoms with Crippen LogP contribution in [0.4, 0.5) is 0 Å². The molecule has 24 aromatic carbocycles. The molecule has 0 aromatic heterocycles. The molecule has 136 heavy (non-hydrogen) atoms. The van der Waals surface area contributed by atoms with E-state index in [1.807, 2.05) is 12.1 Å². The fraction of sp³-hybridized carbons (Fsp3) is 0.0625. The summed E-state index contributed by atoms with van der Waals surface area (Å²) >= 11 is 0. The summed E-state index contributed by atoms with van der Waals surface area (Å²) in [6, 6.07) is 157. The van der Waals surface area contributed by atoms with Crippen LogP contribution < -0.4 is 28.4 Å². The van der Waals surface area contributed by atoms with Crippen molar-refractivity contribution < 1.29 is 38.6 Å². The average molecular weight is 1760 g/mol. The van der Waals surface area contributed by atoms with Crippen molar-refractivity contribution in [2.75, 3.05) is 52.9 Å². The number of benzene rings is 24. The zero-order valence-corrected chi connectivity index (χ0v) is 74.6. The van der Waals surface area contributed by atoms with Gasteiger partial charge < -0.3 is 38.6 Å². The van der Waals surface area contributed by atoms with Gasteiger partial charge >= 0.3 is 0 Å². The number of hydrogen-bond donors (Lipinski definition) is 2. The van der Waals surface area contributed by atoms with Crippen molar-refractivity contribution >= 4 is 129 Å². The molecule has 0 heterocycles. The minimum absolute atomic E-state index is 0.0874. The molecule has 0 unspecified atom stereocenters. The second kappa shape index (κ2) is 35.7. The molecule has 8 nitrogen and oxygen atoms in total. The minimum atomic E-state index is -0.171. The molecule has 0 saturated carbocycles. The van der Waals surface area contributed by atoms with Crippen molar-refractivity contribution in [1.29, 1.82) is 0 Å². The van der Waals surface area contributed by atoms with Gasteiger partial charge in [-0.3, -0.25) is 0 Å². The third-order valence-electron chi connectivity index (χ3n) is 27.0. The highest BCUT2D eigenvalue weighted by molar-refractivity contribution is 6.15. The lowest BCUT2D eigenvalue weighted by molar-refractivity contribution is 0.202. The molecule has 0 fully saturated rings. The molecule has 0 atom stereocenters. The summed E-state index contributed by atoms with van der Waals surface area (Å²) in [6.45, 7) is 0.395. The number of aliphatic hydroxyl groups excluding tert-OH is 2. The van der Waals surface area contributed by atoms with Crippen molar-refractivity contribution in [3.8, 4) is 135 Å². The topological polar surface area (TPSA) is 95.8 Å². The van der Waals surface area contributed by atoms with E-state index in [1.165, 1.54) is 53.9 Å². The second-order valence-corrected chi connectivity index (χ2v) is 35.2. The molecule has 2 N–H and O–H groups in total. The monoisotopic (exact) mass is 1750 g/mol. The predicted molar refractivity (Wildman–Crippen MR) is 565 cm³/mol. The highest BCUT2D eigenvalue weighted by Gasteiger charge is 2.27. The Morgan fingerprint density at radius 2 is 0.257 bits per heavy atom. The van der Waals surface area contributed by atoms with Gasteiger partial charge in [0.25, 0.3) is 0 Å². The van der Waals surface area contributed by atoms with E-state index in [0.717, 1.165) is 176 Å². The van der Waals surface area contributed by atoms with Crippen LogP contribution in [0.3, 0.4) is 0 Å². The fourth-order valence-corrected chi connectivity index (χ4v) is 20.3. The number of rotatable bonds is 25. The maximum atomic E-state index is 10.5. The molecular formula is C128H90O8. The molecule has 0 saturated heterocycles. The Morgan fingerprint density at radius 3 is 0.419 bits per heavy atom. The summed E-state index contributed by atoms with van der Waals surface area (Å²) in [7, 11) is 0. The smallest absolute Gasteiger partial charge is 0.128 e. The quantitative estimate of drug-likeness (QED) is 0.0547. The van der Waals surface area contributed by atoms with Gasteiger partial charge in [0.05, 0.1) is 13.2 Å². The SMILES string of the molecule is OCCOc1ccc2cc(-c3ccc4ccccc4c3)ccc2c1-c1c(OCCOc2ccc3cc(-c4ccc5ccccc5c4)ccc3c2-c2c(OCCOc3ccc4cc(-c5ccc6ccccc6c5)ccc4c3-c3c(OCCO)ccc4cc(-c5ccc6ccccc6c5)ccc34)ccc3cc(-c4ccc5ccccc5c4)ccc23)ccc2cc(-c3ccc4ccccc4c3)ccc12. The molecule has 24 aromatic rings. The van der Waals surface area contributed by atoms with Gasteiger partial charge in [0.1, 0.15) is 74.1 Å². The van der Waals surface area contributed by atoms with E-state index in [9.17, 15) is 10.2 Å². The third kappa shape index (κ3) is 15.7. The standard InChI is InChI=1S/C128H90O8/c129-61-63-131-117-55-43-105-75-99(93-31-25-81-13-1-7-19-87(81)69-93)37-49-111(105)123(117)125-113-51-39-101(95-33-27-83-15-3-9-21-89(83)71-95)77-107(113)45-57-119(125)133-65-67-135-121-59-47-109-79-103(97-35-29-85-17-5-11-23-91(85)73-97)41-53-115(109)127(121)128-116-54-42-104(98-36-30-86-18-6-12-24-92(86)74-98)80-110(116)48-60-122(128)136-68-66-134-120-58-46-108-78-102(96-34-28-84-16-4-10-22-90(84)72-96)40-52-114(108)126(120)124-112-50-38-100(76-106(112)44-56-118(124)132-64-62-130)94-32-26-82-14-2-8-20-88(82)70-94/h1-60,69-80,129-130H,61-68H2. The summed E-state index contributed by atoms with van der Waals surface area (Å²) in [5, 5.41) is 47.1. The van der Waals surface area contributed by atoms with Crippen molar-refractivity contribution in [1.82, 2.24) is 0 Å². The summed E-state index contributed by atoms with van der Waals surface area (Å²) in [5.41, 5.74) is 18.3. The number of hydrogen-bond acceptors (Lipinski definition) is 8. The first-order chi connectivity index (χ1) is 67.3. The molecule has 0 bridgehead atoms. The Kier molecular flexibility index (Phi) is 21.6. The van der Waals surface area contributed by atoms with Gasteiger partial charge in [-0.2, -0.15) is 0 Å². The first kappa shape index (κ1) is 82.3. The van der Waals surface area contributed by atoms with E-state index in [1.54, 1.807) is 0 Å². The van der Waals surface area contributed by atoms with E-state index in [0.29, 0.717) is 34.5 Å². The Morgan fingerprint density at radius 1 is 0.125 bits per heavy atom. The number of ether oxygens (including phenoxy) is 6. The summed E-state index contributed by atoms with van der Waals surface area (Å²) in [4.78, 5) is 0. The lowest BCUT2D eigenvalue weighted by Gasteiger charge is -2.22. The zero-order chi connectivity index (χ0) is 90.5. The van der Waals surface area contributed by atoms with Crippen molar-refractivity contribution in [3.63, 3.8) is 0 Å². The highest BCUT2D eigenvalue weighted by atomic mass is 16.5. The predicted octanol–water partition coefficient (Wildman–Crippen LogP) is 32.2. The Labute approximate surface area is 786 Å². The molecule has 0 aliphatic rings. The van der Waals surface area contributed by atoms with Crippen molar-refractivity contribution in [2.24, 2.45) is 0 Å². The molecule has 24 rings (SSSR count). The van der Waals surface area contributed by atoms with E-state index in [2.05, 4.69) is 425 Å². The third-order valence-corrected chi connectivity index (χ3v) is 27.0. The molecule has 0 radical (unpaired) electrons. The summed E-state index contributed by atoms with van der Waals surface area (Å²) in [5.74, 6) is 3.81.